The van der Waals surface area contributed by atoms with Gasteiger partial charge < -0.3 is 10.6 Å². The van der Waals surface area contributed by atoms with Gasteiger partial charge in [-0.2, -0.15) is 13.2 Å². The van der Waals surface area contributed by atoms with Crippen LogP contribution in [-0.2, 0) is 6.18 Å². The van der Waals surface area contributed by atoms with E-state index >= 15 is 0 Å². The van der Waals surface area contributed by atoms with Crippen molar-refractivity contribution < 1.29 is 22.8 Å². The second-order valence-electron chi connectivity index (χ2n) is 6.30. The molecular formula is C21H17F3N2O2S. The number of para-hydroxylation sites is 1. The average Bonchev–Trinajstić information content (AvgIpc) is 3.23. The number of benzene rings is 2. The number of carbonyl (C=O) groups is 2. The van der Waals surface area contributed by atoms with E-state index in [0.717, 1.165) is 12.1 Å². The molecule has 0 spiro atoms. The van der Waals surface area contributed by atoms with Crippen molar-refractivity contribution in [2.24, 2.45) is 0 Å². The fourth-order valence-corrected chi connectivity index (χ4v) is 3.34. The first-order valence-electron chi connectivity index (χ1n) is 8.67. The third kappa shape index (κ3) is 5.03. The number of amides is 2. The summed E-state index contributed by atoms with van der Waals surface area (Å²) >= 11 is 1.27. The molecular weight excluding hydrogens is 401 g/mol. The Labute approximate surface area is 169 Å². The van der Waals surface area contributed by atoms with Crippen molar-refractivity contribution in [1.29, 1.82) is 0 Å². The maximum atomic E-state index is 12.9. The fraction of sp³-hybridized carbons (Fsp3) is 0.143. The van der Waals surface area contributed by atoms with E-state index in [1.807, 2.05) is 0 Å². The number of hydrogen-bond donors (Lipinski definition) is 2. The van der Waals surface area contributed by atoms with E-state index in [2.05, 4.69) is 10.6 Å². The first-order chi connectivity index (χ1) is 13.8. The van der Waals surface area contributed by atoms with Crippen LogP contribution in [0.4, 0.5) is 18.9 Å². The molecule has 0 saturated heterocycles. The van der Waals surface area contributed by atoms with Crippen molar-refractivity contribution in [3.63, 3.8) is 0 Å². The smallest absolute Gasteiger partial charge is 0.345 e. The number of rotatable bonds is 5. The summed E-state index contributed by atoms with van der Waals surface area (Å²) in [5, 5.41) is 7.15. The van der Waals surface area contributed by atoms with Crippen LogP contribution >= 0.6 is 11.3 Å². The molecule has 0 aliphatic rings. The number of anilines is 1. The largest absolute Gasteiger partial charge is 0.416 e. The lowest BCUT2D eigenvalue weighted by molar-refractivity contribution is -0.137. The Bertz CT molecular complexity index is 1020. The molecule has 0 fully saturated rings. The van der Waals surface area contributed by atoms with Crippen molar-refractivity contribution in [2.45, 2.75) is 19.1 Å². The highest BCUT2D eigenvalue weighted by Crippen LogP contribution is 2.31. The molecule has 3 rings (SSSR count). The lowest BCUT2D eigenvalue weighted by atomic mass is 10.0. The molecule has 0 aliphatic carbocycles. The van der Waals surface area contributed by atoms with Crippen LogP contribution in [0.15, 0.2) is 66.0 Å². The van der Waals surface area contributed by atoms with E-state index < -0.39 is 23.7 Å². The Morgan fingerprint density at radius 3 is 2.41 bits per heavy atom. The SMILES string of the molecule is CC(NC(=O)c1ccccc1NC(=O)c1cccs1)c1cccc(C(F)(F)F)c1. The highest BCUT2D eigenvalue weighted by molar-refractivity contribution is 7.12. The topological polar surface area (TPSA) is 58.2 Å². The van der Waals surface area contributed by atoms with Gasteiger partial charge >= 0.3 is 6.18 Å². The van der Waals surface area contributed by atoms with E-state index in [1.54, 1.807) is 42.6 Å². The zero-order chi connectivity index (χ0) is 21.0. The van der Waals surface area contributed by atoms with E-state index in [4.69, 9.17) is 0 Å². The number of thiophene rings is 1. The third-order valence-electron chi connectivity index (χ3n) is 4.23. The van der Waals surface area contributed by atoms with Gasteiger partial charge in [0.05, 0.1) is 27.7 Å². The summed E-state index contributed by atoms with van der Waals surface area (Å²) in [6, 6.07) is 14.0. The Kier molecular flexibility index (Phi) is 6.03. The normalized spacial score (nSPS) is 12.3. The molecule has 0 bridgehead atoms. The highest BCUT2D eigenvalue weighted by Gasteiger charge is 2.30. The number of halogens is 3. The molecule has 1 heterocycles. The Morgan fingerprint density at radius 2 is 1.72 bits per heavy atom. The lowest BCUT2D eigenvalue weighted by Gasteiger charge is -2.17. The molecule has 1 unspecified atom stereocenters. The summed E-state index contributed by atoms with van der Waals surface area (Å²) in [5.41, 5.74) is 0.0869. The van der Waals surface area contributed by atoms with Gasteiger partial charge in [0.2, 0.25) is 0 Å². The Hall–Kier alpha value is -3.13. The Balaban J connectivity index is 1.77. The van der Waals surface area contributed by atoms with Crippen molar-refractivity contribution in [2.75, 3.05) is 5.32 Å². The second kappa shape index (κ2) is 8.48. The van der Waals surface area contributed by atoms with Gasteiger partial charge in [-0.1, -0.05) is 30.3 Å². The summed E-state index contributed by atoms with van der Waals surface area (Å²) in [4.78, 5) is 25.5. The minimum Gasteiger partial charge on any atom is -0.345 e. The highest BCUT2D eigenvalue weighted by atomic mass is 32.1. The molecule has 1 aromatic heterocycles. The molecule has 0 saturated carbocycles. The van der Waals surface area contributed by atoms with Crippen molar-refractivity contribution in [3.8, 4) is 0 Å². The first kappa shape index (κ1) is 20.6. The molecule has 2 N–H and O–H groups in total. The van der Waals surface area contributed by atoms with Crippen LogP contribution in [0, 0.1) is 0 Å². The molecule has 3 aromatic rings. The van der Waals surface area contributed by atoms with Gasteiger partial charge in [0, 0.05) is 0 Å². The van der Waals surface area contributed by atoms with Gasteiger partial charge in [-0.25, -0.2) is 0 Å². The zero-order valence-corrected chi connectivity index (χ0v) is 16.1. The van der Waals surface area contributed by atoms with Gasteiger partial charge in [0.25, 0.3) is 11.8 Å². The molecule has 2 aromatic carbocycles. The van der Waals surface area contributed by atoms with Crippen LogP contribution < -0.4 is 10.6 Å². The van der Waals surface area contributed by atoms with E-state index in [-0.39, 0.29) is 11.5 Å². The minimum atomic E-state index is -4.46. The number of nitrogens with one attached hydrogen (secondary N) is 2. The van der Waals surface area contributed by atoms with Crippen LogP contribution in [-0.4, -0.2) is 11.8 Å². The summed E-state index contributed by atoms with van der Waals surface area (Å²) in [6.07, 6.45) is -4.46. The van der Waals surface area contributed by atoms with Crippen LogP contribution in [0.1, 0.15) is 44.1 Å². The Morgan fingerprint density at radius 1 is 0.966 bits per heavy atom. The maximum absolute atomic E-state index is 12.9. The molecule has 4 nitrogen and oxygen atoms in total. The maximum Gasteiger partial charge on any atom is 0.416 e. The van der Waals surface area contributed by atoms with Gasteiger partial charge in [0.1, 0.15) is 0 Å². The predicted octanol–water partition coefficient (Wildman–Crippen LogP) is 5.51. The van der Waals surface area contributed by atoms with Crippen molar-refractivity contribution >= 4 is 28.8 Å². The van der Waals surface area contributed by atoms with Gasteiger partial charge in [-0.3, -0.25) is 9.59 Å². The van der Waals surface area contributed by atoms with Crippen LogP contribution in [0.25, 0.3) is 0 Å². The molecule has 0 aliphatic heterocycles. The average molecular weight is 418 g/mol. The third-order valence-corrected chi connectivity index (χ3v) is 5.10. The number of hydrogen-bond acceptors (Lipinski definition) is 3. The monoisotopic (exact) mass is 418 g/mol. The van der Waals surface area contributed by atoms with Gasteiger partial charge in [0.15, 0.2) is 0 Å². The zero-order valence-electron chi connectivity index (χ0n) is 15.3. The molecule has 2 amide bonds. The molecule has 150 valence electrons. The van der Waals surface area contributed by atoms with Gasteiger partial charge in [-0.15, -0.1) is 11.3 Å². The fourth-order valence-electron chi connectivity index (χ4n) is 2.72. The summed E-state index contributed by atoms with van der Waals surface area (Å²) < 4.78 is 38.8. The molecule has 29 heavy (non-hydrogen) atoms. The van der Waals surface area contributed by atoms with E-state index in [0.29, 0.717) is 16.1 Å². The summed E-state index contributed by atoms with van der Waals surface area (Å²) in [6.45, 7) is 1.60. The minimum absolute atomic E-state index is 0.219. The van der Waals surface area contributed by atoms with Crippen LogP contribution in [0.2, 0.25) is 0 Å². The number of carbonyl (C=O) groups excluding carboxylic acids is 2. The summed E-state index contributed by atoms with van der Waals surface area (Å²) in [5.74, 6) is -0.844. The first-order valence-corrected chi connectivity index (χ1v) is 9.55. The van der Waals surface area contributed by atoms with Crippen LogP contribution in [0.5, 0.6) is 0 Å². The van der Waals surface area contributed by atoms with Crippen molar-refractivity contribution in [3.05, 3.63) is 87.6 Å². The van der Waals surface area contributed by atoms with E-state index in [9.17, 15) is 22.8 Å². The summed E-state index contributed by atoms with van der Waals surface area (Å²) in [7, 11) is 0. The molecule has 1 atom stereocenters. The van der Waals surface area contributed by atoms with E-state index in [1.165, 1.54) is 29.5 Å². The predicted molar refractivity (Wildman–Crippen MR) is 106 cm³/mol. The standard InChI is InChI=1S/C21H17F3N2O2S/c1-13(14-6-4-7-15(12-14)21(22,23)24)25-19(27)16-8-2-3-9-17(16)26-20(28)18-10-5-11-29-18/h2-13H,1H3,(H,25,27)(H,26,28). The lowest BCUT2D eigenvalue weighted by Crippen LogP contribution is -2.28. The molecule has 0 radical (unpaired) electrons. The van der Waals surface area contributed by atoms with Crippen LogP contribution in [0.3, 0.4) is 0 Å². The quantitative estimate of drug-likeness (QED) is 0.574. The molecule has 8 heteroatoms. The number of alkyl halides is 3. The second-order valence-corrected chi connectivity index (χ2v) is 7.24. The van der Waals surface area contributed by atoms with Crippen molar-refractivity contribution in [1.82, 2.24) is 5.32 Å². The van der Waals surface area contributed by atoms with Gasteiger partial charge in [-0.05, 0) is 48.2 Å².